The van der Waals surface area contributed by atoms with Gasteiger partial charge in [0.2, 0.25) is 0 Å². The van der Waals surface area contributed by atoms with Crippen LogP contribution < -0.4 is 0 Å². The fourth-order valence-electron chi connectivity index (χ4n) is 2.53. The molecule has 1 heterocycles. The van der Waals surface area contributed by atoms with E-state index in [1.54, 1.807) is 30.3 Å². The third kappa shape index (κ3) is 3.96. The van der Waals surface area contributed by atoms with E-state index in [1.165, 1.54) is 0 Å². The molecule has 25 heavy (non-hydrogen) atoms. The van der Waals surface area contributed by atoms with Gasteiger partial charge in [0.15, 0.2) is 6.29 Å². The Morgan fingerprint density at radius 2 is 1.32 bits per heavy atom. The third-order valence-corrected chi connectivity index (χ3v) is 3.74. The zero-order valence-electron chi connectivity index (χ0n) is 12.6. The van der Waals surface area contributed by atoms with Crippen LogP contribution >= 0.6 is 0 Å². The van der Waals surface area contributed by atoms with Crippen LogP contribution in [0.3, 0.4) is 0 Å². The van der Waals surface area contributed by atoms with Crippen LogP contribution in [0.2, 0.25) is 0 Å². The number of benzene rings is 2. The van der Waals surface area contributed by atoms with Crippen molar-refractivity contribution in [3.63, 3.8) is 0 Å². The van der Waals surface area contributed by atoms with Gasteiger partial charge in [0.05, 0.1) is 17.7 Å². The van der Waals surface area contributed by atoms with Gasteiger partial charge in [-0.1, -0.05) is 30.3 Å². The van der Waals surface area contributed by atoms with E-state index in [9.17, 15) is 26.3 Å². The van der Waals surface area contributed by atoms with E-state index in [0.29, 0.717) is 17.7 Å². The summed E-state index contributed by atoms with van der Waals surface area (Å²) in [7, 11) is 0. The van der Waals surface area contributed by atoms with Crippen LogP contribution in [0, 0.1) is 0 Å². The summed E-state index contributed by atoms with van der Waals surface area (Å²) in [6, 6.07) is 10.0. The maximum atomic E-state index is 12.9. The lowest BCUT2D eigenvalue weighted by atomic mass is 10.0. The largest absolute Gasteiger partial charge is 0.416 e. The molecule has 3 rings (SSSR count). The Balaban J connectivity index is 1.92. The predicted molar refractivity (Wildman–Crippen MR) is 75.4 cm³/mol. The molecule has 134 valence electrons. The molecule has 2 aromatic carbocycles. The van der Waals surface area contributed by atoms with Gasteiger partial charge in [0, 0.05) is 5.56 Å². The Labute approximate surface area is 139 Å². The van der Waals surface area contributed by atoms with Crippen molar-refractivity contribution in [1.82, 2.24) is 0 Å². The highest BCUT2D eigenvalue weighted by Gasteiger charge is 2.39. The first-order valence-corrected chi connectivity index (χ1v) is 7.26. The van der Waals surface area contributed by atoms with E-state index >= 15 is 0 Å². The molecule has 0 saturated carbocycles. The Hall–Kier alpha value is -2.06. The van der Waals surface area contributed by atoms with Crippen LogP contribution in [0.5, 0.6) is 0 Å². The van der Waals surface area contributed by atoms with Crippen molar-refractivity contribution in [2.45, 2.75) is 24.7 Å². The van der Waals surface area contributed by atoms with E-state index in [2.05, 4.69) is 0 Å². The highest BCUT2D eigenvalue weighted by Crippen LogP contribution is 2.41. The molecular weight excluding hydrogens is 350 g/mol. The van der Waals surface area contributed by atoms with Crippen molar-refractivity contribution < 1.29 is 35.8 Å². The maximum Gasteiger partial charge on any atom is 0.416 e. The zero-order chi connectivity index (χ0) is 18.2. The minimum absolute atomic E-state index is 0.0913. The highest BCUT2D eigenvalue weighted by molar-refractivity contribution is 5.35. The molecule has 0 bridgehead atoms. The van der Waals surface area contributed by atoms with E-state index < -0.39 is 35.9 Å². The maximum absolute atomic E-state index is 12.9. The SMILES string of the molecule is FC(F)(F)c1cc([C@H]2CO[C@@H](c3ccccc3)O2)cc(C(F)(F)F)c1. The van der Waals surface area contributed by atoms with Gasteiger partial charge in [0.25, 0.3) is 0 Å². The van der Waals surface area contributed by atoms with Crippen LogP contribution in [0.15, 0.2) is 48.5 Å². The molecule has 8 heteroatoms. The van der Waals surface area contributed by atoms with Crippen molar-refractivity contribution in [3.05, 3.63) is 70.8 Å². The molecule has 1 aliphatic heterocycles. The minimum Gasteiger partial charge on any atom is -0.345 e. The highest BCUT2D eigenvalue weighted by atomic mass is 19.4. The van der Waals surface area contributed by atoms with Gasteiger partial charge in [-0.2, -0.15) is 26.3 Å². The molecule has 1 aliphatic rings. The lowest BCUT2D eigenvalue weighted by molar-refractivity contribution is -0.143. The van der Waals surface area contributed by atoms with E-state index in [1.807, 2.05) is 0 Å². The van der Waals surface area contributed by atoms with Gasteiger partial charge in [-0.3, -0.25) is 0 Å². The third-order valence-electron chi connectivity index (χ3n) is 3.74. The van der Waals surface area contributed by atoms with Gasteiger partial charge < -0.3 is 9.47 Å². The number of alkyl halides is 6. The quantitative estimate of drug-likeness (QED) is 0.656. The molecular formula is C17H12F6O2. The second kappa shape index (κ2) is 6.34. The van der Waals surface area contributed by atoms with Gasteiger partial charge >= 0.3 is 12.4 Å². The molecule has 2 nitrogen and oxygen atoms in total. The van der Waals surface area contributed by atoms with Crippen LogP contribution in [-0.4, -0.2) is 6.61 Å². The molecule has 0 aliphatic carbocycles. The summed E-state index contributed by atoms with van der Waals surface area (Å²) in [6.07, 6.45) is -11.6. The lowest BCUT2D eigenvalue weighted by Gasteiger charge is -2.17. The lowest BCUT2D eigenvalue weighted by Crippen LogP contribution is -2.13. The fourth-order valence-corrected chi connectivity index (χ4v) is 2.53. The van der Waals surface area contributed by atoms with E-state index in [0.717, 1.165) is 0 Å². The number of rotatable bonds is 2. The van der Waals surface area contributed by atoms with Gasteiger partial charge in [0.1, 0.15) is 6.10 Å². The van der Waals surface area contributed by atoms with Crippen LogP contribution in [0.25, 0.3) is 0 Å². The number of ether oxygens (including phenoxy) is 2. The summed E-state index contributed by atoms with van der Waals surface area (Å²) in [5, 5.41) is 0. The molecule has 0 radical (unpaired) electrons. The molecule has 2 aromatic rings. The van der Waals surface area contributed by atoms with Crippen molar-refractivity contribution >= 4 is 0 Å². The smallest absolute Gasteiger partial charge is 0.345 e. The van der Waals surface area contributed by atoms with Crippen LogP contribution in [-0.2, 0) is 21.8 Å². The molecule has 0 aromatic heterocycles. The molecule has 0 N–H and O–H groups in total. The summed E-state index contributed by atoms with van der Waals surface area (Å²) >= 11 is 0. The fraction of sp³-hybridized carbons (Fsp3) is 0.294. The van der Waals surface area contributed by atoms with Crippen LogP contribution in [0.4, 0.5) is 26.3 Å². The molecule has 0 unspecified atom stereocenters. The Morgan fingerprint density at radius 3 is 1.84 bits per heavy atom. The monoisotopic (exact) mass is 362 g/mol. The van der Waals surface area contributed by atoms with Crippen molar-refractivity contribution in [1.29, 1.82) is 0 Å². The molecule has 1 fully saturated rings. The molecule has 0 spiro atoms. The average Bonchev–Trinajstić information content (AvgIpc) is 3.04. The van der Waals surface area contributed by atoms with E-state index in [-0.39, 0.29) is 18.2 Å². The number of hydrogen-bond acceptors (Lipinski definition) is 2. The first-order chi connectivity index (χ1) is 11.6. The van der Waals surface area contributed by atoms with Gasteiger partial charge in [-0.05, 0) is 23.8 Å². The summed E-state index contributed by atoms with van der Waals surface area (Å²) < 4.78 is 88.4. The van der Waals surface area contributed by atoms with Gasteiger partial charge in [-0.25, -0.2) is 0 Å². The first-order valence-electron chi connectivity index (χ1n) is 7.26. The minimum atomic E-state index is -4.89. The normalized spacial score (nSPS) is 21.5. The zero-order valence-corrected chi connectivity index (χ0v) is 12.6. The topological polar surface area (TPSA) is 18.5 Å². The summed E-state index contributed by atoms with van der Waals surface area (Å²) in [5.41, 5.74) is -2.33. The standard InChI is InChI=1S/C17H12F6O2/c18-16(19,20)12-6-11(7-13(8-12)17(21,22)23)14-9-24-15(25-14)10-4-2-1-3-5-10/h1-8,14-15H,9H2/t14-,15-/m1/s1. The molecule has 2 atom stereocenters. The van der Waals surface area contributed by atoms with E-state index in [4.69, 9.17) is 9.47 Å². The number of hydrogen-bond donors (Lipinski definition) is 0. The Bertz CT molecular complexity index is 707. The first kappa shape index (κ1) is 17.8. The second-order valence-corrected chi connectivity index (χ2v) is 5.54. The van der Waals surface area contributed by atoms with Crippen molar-refractivity contribution in [2.24, 2.45) is 0 Å². The molecule has 1 saturated heterocycles. The average molecular weight is 362 g/mol. The Morgan fingerprint density at radius 1 is 0.760 bits per heavy atom. The van der Waals surface area contributed by atoms with Crippen LogP contribution in [0.1, 0.15) is 34.6 Å². The van der Waals surface area contributed by atoms with Gasteiger partial charge in [-0.15, -0.1) is 0 Å². The summed E-state index contributed by atoms with van der Waals surface area (Å²) in [5.74, 6) is 0. The molecule has 0 amide bonds. The Kier molecular flexibility index (Phi) is 4.51. The van der Waals surface area contributed by atoms with Crippen molar-refractivity contribution in [3.8, 4) is 0 Å². The second-order valence-electron chi connectivity index (χ2n) is 5.54. The summed E-state index contributed by atoms with van der Waals surface area (Å²) in [6.45, 7) is -0.141. The summed E-state index contributed by atoms with van der Waals surface area (Å²) in [4.78, 5) is 0. The predicted octanol–water partition coefficient (Wildman–Crippen LogP) is 5.51. The number of halogens is 6. The van der Waals surface area contributed by atoms with Crippen molar-refractivity contribution in [2.75, 3.05) is 6.61 Å².